The van der Waals surface area contributed by atoms with Gasteiger partial charge in [-0.05, 0) is 0 Å². The molecule has 15 heavy (non-hydrogen) atoms. The lowest BCUT2D eigenvalue weighted by Crippen LogP contribution is -2.27. The molecular weight excluding hydrogens is 214 g/mol. The molecule has 1 aromatic rings. The van der Waals surface area contributed by atoms with Crippen molar-refractivity contribution in [2.24, 2.45) is 5.73 Å². The Morgan fingerprint density at radius 3 is 2.80 bits per heavy atom. The van der Waals surface area contributed by atoms with Crippen LogP contribution in [0.3, 0.4) is 0 Å². The molecular formula is C8H11N5OS. The summed E-state index contributed by atoms with van der Waals surface area (Å²) in [5.41, 5.74) is 5.83. The van der Waals surface area contributed by atoms with Crippen molar-refractivity contribution in [3.63, 3.8) is 0 Å². The second kappa shape index (κ2) is 5.20. The fourth-order valence-corrected chi connectivity index (χ4v) is 1.05. The topological polar surface area (TPSA) is 92.9 Å². The van der Waals surface area contributed by atoms with Crippen molar-refractivity contribution in [1.29, 1.82) is 0 Å². The first kappa shape index (κ1) is 11.3. The van der Waals surface area contributed by atoms with E-state index in [1.54, 1.807) is 7.05 Å². The molecule has 6 nitrogen and oxygen atoms in total. The third kappa shape index (κ3) is 3.13. The van der Waals surface area contributed by atoms with Crippen LogP contribution in [0.5, 0.6) is 0 Å². The first-order valence-corrected chi connectivity index (χ1v) is 4.61. The number of anilines is 1. The van der Waals surface area contributed by atoms with Gasteiger partial charge >= 0.3 is 0 Å². The van der Waals surface area contributed by atoms with Crippen LogP contribution in [0.1, 0.15) is 5.69 Å². The first-order valence-electron chi connectivity index (χ1n) is 4.20. The van der Waals surface area contributed by atoms with Gasteiger partial charge in [0, 0.05) is 19.4 Å². The molecule has 1 rings (SSSR count). The fraction of sp³-hybridized carbons (Fsp3) is 0.250. The smallest absolute Gasteiger partial charge is 0.239 e. The number of likely N-dealkylation sites (N-methyl/N-ethyl adjacent to an activating group) is 1. The van der Waals surface area contributed by atoms with E-state index in [1.165, 1.54) is 12.4 Å². The van der Waals surface area contributed by atoms with Crippen molar-refractivity contribution >= 4 is 28.9 Å². The zero-order valence-electron chi connectivity index (χ0n) is 8.15. The Balaban J connectivity index is 2.76. The molecule has 0 aliphatic carbocycles. The van der Waals surface area contributed by atoms with E-state index in [0.29, 0.717) is 11.5 Å². The summed E-state index contributed by atoms with van der Waals surface area (Å²) in [5, 5.41) is 5.26. The maximum Gasteiger partial charge on any atom is 0.239 e. The lowest BCUT2D eigenvalue weighted by atomic mass is 10.4. The monoisotopic (exact) mass is 225 g/mol. The van der Waals surface area contributed by atoms with Crippen LogP contribution in [0.2, 0.25) is 0 Å². The van der Waals surface area contributed by atoms with Crippen LogP contribution in [0.25, 0.3) is 0 Å². The second-order valence-corrected chi connectivity index (χ2v) is 3.08. The van der Waals surface area contributed by atoms with Gasteiger partial charge in [-0.3, -0.25) is 4.79 Å². The summed E-state index contributed by atoms with van der Waals surface area (Å²) in [5.74, 6) is 0.253. The van der Waals surface area contributed by atoms with Crippen molar-refractivity contribution in [3.05, 3.63) is 18.1 Å². The summed E-state index contributed by atoms with van der Waals surface area (Å²) in [7, 11) is 1.55. The molecule has 1 aromatic heterocycles. The number of carbonyl (C=O) groups excluding carboxylic acids is 1. The van der Waals surface area contributed by atoms with Crippen LogP contribution in [-0.4, -0.2) is 34.5 Å². The number of nitrogens with one attached hydrogen (secondary N) is 2. The number of hydrogen-bond donors (Lipinski definition) is 3. The number of rotatable bonds is 4. The Bertz CT molecular complexity index is 381. The van der Waals surface area contributed by atoms with Crippen LogP contribution < -0.4 is 16.4 Å². The number of hydrogen-bond acceptors (Lipinski definition) is 5. The minimum Gasteiger partial charge on any atom is -0.388 e. The third-order valence-corrected chi connectivity index (χ3v) is 1.82. The zero-order chi connectivity index (χ0) is 11.3. The molecule has 1 heterocycles. The molecule has 1 amide bonds. The standard InChI is InChI=1S/C8H11N5OS/c1-10-5(14)4-13-8-6(7(9)15)11-2-3-12-8/h2-3H,4H2,1H3,(H2,9,15)(H,10,14)(H,12,13). The molecule has 0 aliphatic rings. The van der Waals surface area contributed by atoms with E-state index in [4.69, 9.17) is 18.0 Å². The van der Waals surface area contributed by atoms with Gasteiger partial charge in [0.25, 0.3) is 0 Å². The summed E-state index contributed by atoms with van der Waals surface area (Å²) in [6.45, 7) is 0.102. The SMILES string of the molecule is CNC(=O)CNc1nccnc1C(N)=S. The van der Waals surface area contributed by atoms with Crippen molar-refractivity contribution in [1.82, 2.24) is 15.3 Å². The largest absolute Gasteiger partial charge is 0.388 e. The summed E-state index contributed by atoms with van der Waals surface area (Å²) < 4.78 is 0. The van der Waals surface area contributed by atoms with Gasteiger partial charge in [0.1, 0.15) is 10.7 Å². The zero-order valence-corrected chi connectivity index (χ0v) is 8.97. The van der Waals surface area contributed by atoms with E-state index >= 15 is 0 Å². The lowest BCUT2D eigenvalue weighted by Gasteiger charge is -2.07. The molecule has 4 N–H and O–H groups in total. The van der Waals surface area contributed by atoms with E-state index in [2.05, 4.69) is 20.6 Å². The fourth-order valence-electron chi connectivity index (χ4n) is 0.900. The summed E-state index contributed by atoms with van der Waals surface area (Å²) >= 11 is 4.79. The van der Waals surface area contributed by atoms with Gasteiger partial charge in [-0.2, -0.15) is 0 Å². The van der Waals surface area contributed by atoms with Gasteiger partial charge in [-0.15, -0.1) is 0 Å². The molecule has 0 saturated heterocycles. The Morgan fingerprint density at radius 2 is 2.20 bits per heavy atom. The molecule has 0 saturated carbocycles. The van der Waals surface area contributed by atoms with Crippen LogP contribution in [0.15, 0.2) is 12.4 Å². The number of thiocarbonyl (C=S) groups is 1. The average Bonchev–Trinajstić information content (AvgIpc) is 2.26. The molecule has 80 valence electrons. The van der Waals surface area contributed by atoms with Gasteiger partial charge in [0.2, 0.25) is 5.91 Å². The van der Waals surface area contributed by atoms with Crippen LogP contribution in [-0.2, 0) is 4.79 Å². The molecule has 0 unspecified atom stereocenters. The van der Waals surface area contributed by atoms with Crippen LogP contribution >= 0.6 is 12.2 Å². The van der Waals surface area contributed by atoms with Gasteiger partial charge in [0.05, 0.1) is 6.54 Å². The summed E-state index contributed by atoms with van der Waals surface area (Å²) in [4.78, 5) is 19.1. The van der Waals surface area contributed by atoms with E-state index in [0.717, 1.165) is 0 Å². The van der Waals surface area contributed by atoms with Crippen LogP contribution in [0, 0.1) is 0 Å². The number of carbonyl (C=O) groups is 1. The van der Waals surface area contributed by atoms with E-state index in [9.17, 15) is 4.79 Å². The highest BCUT2D eigenvalue weighted by molar-refractivity contribution is 7.80. The summed E-state index contributed by atoms with van der Waals surface area (Å²) in [6, 6.07) is 0. The number of aromatic nitrogens is 2. The molecule has 0 radical (unpaired) electrons. The predicted molar refractivity (Wildman–Crippen MR) is 60.5 cm³/mol. The van der Waals surface area contributed by atoms with Gasteiger partial charge in [-0.25, -0.2) is 9.97 Å². The maximum absolute atomic E-state index is 11.0. The van der Waals surface area contributed by atoms with Gasteiger partial charge in [0.15, 0.2) is 5.82 Å². The number of amides is 1. The van der Waals surface area contributed by atoms with Crippen molar-refractivity contribution in [2.45, 2.75) is 0 Å². The third-order valence-electron chi connectivity index (χ3n) is 1.63. The van der Waals surface area contributed by atoms with Crippen LogP contribution in [0.4, 0.5) is 5.82 Å². The second-order valence-electron chi connectivity index (χ2n) is 2.64. The highest BCUT2D eigenvalue weighted by Crippen LogP contribution is 2.06. The van der Waals surface area contributed by atoms with Crippen molar-refractivity contribution in [3.8, 4) is 0 Å². The molecule has 0 bridgehead atoms. The van der Waals surface area contributed by atoms with Crippen molar-refractivity contribution in [2.75, 3.05) is 18.9 Å². The normalized spacial score (nSPS) is 9.40. The molecule has 0 fully saturated rings. The Kier molecular flexibility index (Phi) is 3.92. The minimum absolute atomic E-state index is 0.102. The Morgan fingerprint density at radius 1 is 1.53 bits per heavy atom. The van der Waals surface area contributed by atoms with E-state index in [-0.39, 0.29) is 17.4 Å². The van der Waals surface area contributed by atoms with Gasteiger partial charge in [-0.1, -0.05) is 12.2 Å². The lowest BCUT2D eigenvalue weighted by molar-refractivity contribution is -0.118. The van der Waals surface area contributed by atoms with Gasteiger partial charge < -0.3 is 16.4 Å². The molecule has 7 heteroatoms. The predicted octanol–water partition coefficient (Wildman–Crippen LogP) is -0.731. The maximum atomic E-state index is 11.0. The summed E-state index contributed by atoms with van der Waals surface area (Å²) in [6.07, 6.45) is 2.98. The molecule has 0 aliphatic heterocycles. The number of nitrogens with zero attached hydrogens (tertiary/aromatic N) is 2. The van der Waals surface area contributed by atoms with E-state index < -0.39 is 0 Å². The first-order chi connectivity index (χ1) is 7.15. The molecule has 0 atom stereocenters. The molecule has 0 aromatic carbocycles. The highest BCUT2D eigenvalue weighted by atomic mass is 32.1. The Labute approximate surface area is 92.3 Å². The van der Waals surface area contributed by atoms with Crippen molar-refractivity contribution < 1.29 is 4.79 Å². The average molecular weight is 225 g/mol. The number of nitrogens with two attached hydrogens (primary N) is 1. The van der Waals surface area contributed by atoms with E-state index in [1.807, 2.05) is 0 Å². The Hall–Kier alpha value is -1.76. The molecule has 0 spiro atoms. The highest BCUT2D eigenvalue weighted by Gasteiger charge is 2.08. The minimum atomic E-state index is -0.158. The quantitative estimate of drug-likeness (QED) is 0.585.